The van der Waals surface area contributed by atoms with Gasteiger partial charge in [-0.2, -0.15) is 4.57 Å². The molecule has 2 bridgehead atoms. The summed E-state index contributed by atoms with van der Waals surface area (Å²) in [4.78, 5) is 0. The van der Waals surface area contributed by atoms with Gasteiger partial charge in [-0.05, 0) is 86.9 Å². The molecule has 2 atom stereocenters. The van der Waals surface area contributed by atoms with Gasteiger partial charge in [0.1, 0.15) is 0 Å². The fraction of sp³-hybridized carbons (Fsp3) is 0.537. The molecule has 7 rings (SSSR count). The number of pyridine rings is 1. The number of nitrogens with zero attached hydrogens (tertiary/aromatic N) is 3. The van der Waals surface area contributed by atoms with Crippen molar-refractivity contribution in [2.75, 3.05) is 0 Å². The Morgan fingerprint density at radius 1 is 0.608 bits per heavy atom. The molecule has 0 spiro atoms. The van der Waals surface area contributed by atoms with Gasteiger partial charge in [-0.15, -0.1) is 10.2 Å². The molecule has 5 heterocycles. The first-order valence-electron chi connectivity index (χ1n) is 18.9. The van der Waals surface area contributed by atoms with Crippen LogP contribution in [0.3, 0.4) is 0 Å². The maximum Gasteiger partial charge on any atom is 0.190 e. The van der Waals surface area contributed by atoms with Gasteiger partial charge in [0, 0.05) is 29.5 Å². The van der Waals surface area contributed by atoms with Crippen molar-refractivity contribution >= 4 is 16.5 Å². The summed E-state index contributed by atoms with van der Waals surface area (Å²) in [5.74, 6) is 0.253. The standard InChI is InChI=1S/C41H60N3Si2.ClHO4/c1-28(2)45(29(3)4,30(5)6)42-23-20-34(26-42)41(35-21-24-43(27-35)46(31(7)8,32(9)10)33(11)12)25-39-36-17-13-14-18-37(36)40(41)38-19-15-16-22-44(38)39;2-1(3,4)5/h13-24,26-33,39-40H,25H2,1-12H3;(H,2,3,4,5)/q+1;/p-1/t39-,40+;/m1./s1. The summed E-state index contributed by atoms with van der Waals surface area (Å²) in [6.45, 7) is 29.9. The van der Waals surface area contributed by atoms with Crippen LogP contribution in [0.15, 0.2) is 85.6 Å². The lowest BCUT2D eigenvalue weighted by Crippen LogP contribution is -2.68. The molecule has 0 fully saturated rings. The summed E-state index contributed by atoms with van der Waals surface area (Å²) >= 11 is 0. The first-order chi connectivity index (χ1) is 23.8. The average Bonchev–Trinajstić information content (AvgIpc) is 3.72. The minimum absolute atomic E-state index is 0.146. The number of fused-ring (bicyclic) bond motifs is 1. The van der Waals surface area contributed by atoms with Crippen molar-refractivity contribution in [1.29, 1.82) is 0 Å². The summed E-state index contributed by atoms with van der Waals surface area (Å²) in [7, 11) is -8.75. The van der Waals surface area contributed by atoms with Gasteiger partial charge in [0.2, 0.25) is 0 Å². The van der Waals surface area contributed by atoms with E-state index >= 15 is 0 Å². The fourth-order valence-electron chi connectivity index (χ4n) is 11.9. The normalized spacial score (nSPS) is 18.5. The van der Waals surface area contributed by atoms with Crippen LogP contribution in [0, 0.1) is 10.2 Å². The smallest absolute Gasteiger partial charge is 0.190 e. The van der Waals surface area contributed by atoms with Gasteiger partial charge in [-0.1, -0.05) is 113 Å². The zero-order valence-electron chi connectivity index (χ0n) is 32.8. The summed E-state index contributed by atoms with van der Waals surface area (Å²) in [6.07, 6.45) is 13.7. The SMILES string of the molecule is CC(C)[Si](C(C)C)(C(C)C)n1ccc(C2(c3ccn([Si](C(C)C)(C(C)C)C(C)C)c3)C[C@@H]3c4ccccc4[C@H]2c2cccc[n+]23)c1.[O-][Cl+3]([O-])([O-])[O-]. The molecule has 0 saturated carbocycles. The lowest BCUT2D eigenvalue weighted by atomic mass is 9.54. The lowest BCUT2D eigenvalue weighted by Gasteiger charge is -2.49. The summed E-state index contributed by atoms with van der Waals surface area (Å²) < 4.78 is 42.1. The second kappa shape index (κ2) is 14.4. The highest BCUT2D eigenvalue weighted by Crippen LogP contribution is 2.60. The third kappa shape index (κ3) is 6.34. The van der Waals surface area contributed by atoms with E-state index < -0.39 is 26.7 Å². The molecule has 2 aliphatic heterocycles. The molecule has 1 aliphatic carbocycles. The van der Waals surface area contributed by atoms with Crippen LogP contribution in [0.1, 0.15) is 129 Å². The van der Waals surface area contributed by atoms with Crippen molar-refractivity contribution in [3.63, 3.8) is 0 Å². The van der Waals surface area contributed by atoms with Crippen molar-refractivity contribution in [3.8, 4) is 0 Å². The number of benzene rings is 1. The van der Waals surface area contributed by atoms with Crippen LogP contribution in [0.2, 0.25) is 33.2 Å². The number of aromatic nitrogens is 3. The summed E-state index contributed by atoms with van der Waals surface area (Å²) in [5, 5.41) is 0. The fourth-order valence-corrected chi connectivity index (χ4v) is 24.8. The van der Waals surface area contributed by atoms with Gasteiger partial charge in [0.15, 0.2) is 34.4 Å². The molecule has 1 aromatic carbocycles. The Hall–Kier alpha value is -2.51. The molecule has 4 aromatic rings. The Morgan fingerprint density at radius 2 is 1.00 bits per heavy atom. The van der Waals surface area contributed by atoms with E-state index in [1.165, 1.54) is 27.9 Å². The Kier molecular flexibility index (Phi) is 11.2. The Labute approximate surface area is 310 Å². The Bertz CT molecular complexity index is 1640. The second-order valence-corrected chi connectivity index (χ2v) is 29.2. The molecular weight excluding hydrogens is 690 g/mol. The molecule has 0 N–H and O–H groups in total. The van der Waals surface area contributed by atoms with Crippen molar-refractivity contribution in [1.82, 2.24) is 8.47 Å². The summed E-state index contributed by atoms with van der Waals surface area (Å²) in [5.41, 5.74) is 11.3. The van der Waals surface area contributed by atoms with Crippen LogP contribution in [0.5, 0.6) is 0 Å². The minimum atomic E-state index is -4.94. The zero-order chi connectivity index (χ0) is 37.8. The molecule has 0 saturated heterocycles. The van der Waals surface area contributed by atoms with Gasteiger partial charge in [-0.25, -0.2) is 18.6 Å². The largest absolute Gasteiger partial charge is 0.379 e. The van der Waals surface area contributed by atoms with Crippen molar-refractivity contribution in [2.24, 2.45) is 0 Å². The van der Waals surface area contributed by atoms with Crippen LogP contribution in [0.4, 0.5) is 0 Å². The van der Waals surface area contributed by atoms with E-state index in [1.54, 1.807) is 0 Å². The van der Waals surface area contributed by atoms with E-state index in [0.29, 0.717) is 39.3 Å². The highest BCUT2D eigenvalue weighted by atomic mass is 35.7. The monoisotopic (exact) mass is 749 g/mol. The first-order valence-corrected chi connectivity index (χ1v) is 24.4. The van der Waals surface area contributed by atoms with Gasteiger partial charge in [0.25, 0.3) is 0 Å². The Balaban J connectivity index is 0.000000943. The maximum atomic E-state index is 8.49. The van der Waals surface area contributed by atoms with Gasteiger partial charge < -0.3 is 8.47 Å². The molecule has 0 unspecified atom stereocenters. The molecule has 0 radical (unpaired) electrons. The summed E-state index contributed by atoms with van der Waals surface area (Å²) in [6, 6.07) is 21.7. The Morgan fingerprint density at radius 3 is 1.41 bits per heavy atom. The van der Waals surface area contributed by atoms with Gasteiger partial charge in [0.05, 0.1) is 5.92 Å². The molecule has 3 aliphatic rings. The topological polar surface area (TPSA) is 106 Å². The molecule has 0 amide bonds. The highest BCUT2D eigenvalue weighted by molar-refractivity contribution is 6.82. The van der Waals surface area contributed by atoms with Crippen LogP contribution in [0.25, 0.3) is 0 Å². The number of hydrogen-bond donors (Lipinski definition) is 0. The van der Waals surface area contributed by atoms with E-state index in [0.717, 1.165) is 6.42 Å². The van der Waals surface area contributed by atoms with Crippen molar-refractivity contribution in [3.05, 3.63) is 114 Å². The van der Waals surface area contributed by atoms with Crippen LogP contribution in [-0.4, -0.2) is 24.9 Å². The van der Waals surface area contributed by atoms with E-state index in [2.05, 4.69) is 182 Å². The van der Waals surface area contributed by atoms with Crippen LogP contribution >= 0.6 is 0 Å². The first kappa shape index (κ1) is 39.7. The van der Waals surface area contributed by atoms with Crippen LogP contribution < -0.4 is 23.2 Å². The van der Waals surface area contributed by atoms with E-state index in [4.69, 9.17) is 18.6 Å². The molecule has 278 valence electrons. The minimum Gasteiger partial charge on any atom is -0.379 e. The molecule has 3 aromatic heterocycles. The average molecular weight is 751 g/mol. The second-order valence-electron chi connectivity index (χ2n) is 17.0. The highest BCUT2D eigenvalue weighted by Gasteiger charge is 2.60. The molecular formula is C41H60ClN3O4Si2. The maximum absolute atomic E-state index is 8.49. The lowest BCUT2D eigenvalue weighted by molar-refractivity contribution is -2.00. The molecule has 7 nitrogen and oxygen atoms in total. The molecule has 10 heteroatoms. The zero-order valence-corrected chi connectivity index (χ0v) is 35.5. The van der Waals surface area contributed by atoms with Gasteiger partial charge >= 0.3 is 0 Å². The molecule has 51 heavy (non-hydrogen) atoms. The van der Waals surface area contributed by atoms with Crippen LogP contribution in [-0.2, 0) is 5.41 Å². The third-order valence-electron chi connectivity index (χ3n) is 13.1. The van der Waals surface area contributed by atoms with E-state index in [9.17, 15) is 0 Å². The predicted octanol–water partition coefficient (Wildman–Crippen LogP) is 6.29. The van der Waals surface area contributed by atoms with E-state index in [-0.39, 0.29) is 11.3 Å². The number of hydrogen-bond acceptors (Lipinski definition) is 4. The van der Waals surface area contributed by atoms with Crippen molar-refractivity contribution < 1.29 is 33.4 Å². The predicted molar refractivity (Wildman–Crippen MR) is 200 cm³/mol. The number of rotatable bonds is 10. The van der Waals surface area contributed by atoms with Crippen molar-refractivity contribution in [2.45, 2.75) is 140 Å². The third-order valence-corrected chi connectivity index (χ3v) is 26.5. The quantitative estimate of drug-likeness (QED) is 0.140. The van der Waals surface area contributed by atoms with Gasteiger partial charge in [-0.3, -0.25) is 0 Å². The number of halogens is 1. The van der Waals surface area contributed by atoms with E-state index in [1.807, 2.05) is 0 Å².